The number of benzene rings is 1. The van der Waals surface area contributed by atoms with Gasteiger partial charge in [0.1, 0.15) is 0 Å². The van der Waals surface area contributed by atoms with Gasteiger partial charge in [0.2, 0.25) is 0 Å². The lowest BCUT2D eigenvalue weighted by atomic mass is 10.1. The van der Waals surface area contributed by atoms with E-state index < -0.39 is 11.6 Å². The number of nitrogens with zero attached hydrogens (tertiary/aromatic N) is 1. The number of halogens is 2. The first-order valence-corrected chi connectivity index (χ1v) is 4.99. The number of nitriles is 1. The second kappa shape index (κ2) is 5.52. The highest BCUT2D eigenvalue weighted by atomic mass is 32.1. The van der Waals surface area contributed by atoms with Gasteiger partial charge in [0.25, 0.3) is 0 Å². The topological polar surface area (TPSA) is 23.8 Å². The third kappa shape index (κ3) is 3.07. The third-order valence-corrected chi connectivity index (χ3v) is 2.06. The van der Waals surface area contributed by atoms with Crippen LogP contribution in [0.2, 0.25) is 0 Å². The number of thiol groups is 1. The van der Waals surface area contributed by atoms with E-state index in [2.05, 4.69) is 12.6 Å². The van der Waals surface area contributed by atoms with Crippen LogP contribution in [0.1, 0.15) is 17.5 Å². The van der Waals surface area contributed by atoms with Crippen LogP contribution in [0.3, 0.4) is 0 Å². The molecule has 4 heteroatoms. The first-order chi connectivity index (χ1) is 7.19. The van der Waals surface area contributed by atoms with Crippen molar-refractivity contribution in [2.45, 2.75) is 6.42 Å². The van der Waals surface area contributed by atoms with E-state index in [1.54, 1.807) is 12.2 Å². The average molecular weight is 225 g/mol. The summed E-state index contributed by atoms with van der Waals surface area (Å²) in [6, 6.07) is 3.73. The van der Waals surface area contributed by atoms with Crippen molar-refractivity contribution in [3.05, 3.63) is 41.0 Å². The summed E-state index contributed by atoms with van der Waals surface area (Å²) in [5, 5.41) is 8.70. The highest BCUT2D eigenvalue weighted by Crippen LogP contribution is 2.16. The van der Waals surface area contributed by atoms with Crippen molar-refractivity contribution in [1.82, 2.24) is 0 Å². The fraction of sp³-hybridized carbons (Fsp3) is 0.182. The summed E-state index contributed by atoms with van der Waals surface area (Å²) in [5.74, 6) is -1.28. The predicted molar refractivity (Wildman–Crippen MR) is 58.6 cm³/mol. The van der Waals surface area contributed by atoms with Gasteiger partial charge in [-0.2, -0.15) is 17.9 Å². The van der Waals surface area contributed by atoms with Crippen LogP contribution in [0.5, 0.6) is 0 Å². The Balaban J connectivity index is 3.06. The van der Waals surface area contributed by atoms with Crippen LogP contribution in [0.25, 0.3) is 6.08 Å². The number of allylic oxidation sites excluding steroid dienone is 1. The molecule has 1 rings (SSSR count). The highest BCUT2D eigenvalue weighted by Gasteiger charge is 2.06. The van der Waals surface area contributed by atoms with Crippen molar-refractivity contribution in [2.24, 2.45) is 0 Å². The Kier molecular flexibility index (Phi) is 4.32. The summed E-state index contributed by atoms with van der Waals surface area (Å²) in [4.78, 5) is 0. The van der Waals surface area contributed by atoms with E-state index in [0.29, 0.717) is 17.7 Å². The molecule has 0 aliphatic rings. The Hall–Kier alpha value is -1.34. The highest BCUT2D eigenvalue weighted by molar-refractivity contribution is 7.80. The Morgan fingerprint density at radius 3 is 2.60 bits per heavy atom. The minimum atomic E-state index is -1.00. The molecule has 1 nitrogen and oxygen atoms in total. The van der Waals surface area contributed by atoms with Gasteiger partial charge in [-0.05, 0) is 29.9 Å². The molecule has 0 aliphatic carbocycles. The first-order valence-electron chi connectivity index (χ1n) is 4.35. The third-order valence-electron chi connectivity index (χ3n) is 1.81. The Morgan fingerprint density at radius 1 is 1.33 bits per heavy atom. The largest absolute Gasteiger partial charge is 0.204 e. The van der Waals surface area contributed by atoms with Crippen molar-refractivity contribution in [1.29, 1.82) is 5.26 Å². The van der Waals surface area contributed by atoms with Crippen LogP contribution in [-0.2, 0) is 0 Å². The molecular formula is C11H9F2NS. The summed E-state index contributed by atoms with van der Waals surface area (Å²) in [6.07, 6.45) is 4.07. The molecular weight excluding hydrogens is 216 g/mol. The Morgan fingerprint density at radius 2 is 2.00 bits per heavy atom. The molecule has 0 radical (unpaired) electrons. The summed E-state index contributed by atoms with van der Waals surface area (Å²) in [6.45, 7) is 0. The maximum atomic E-state index is 12.9. The molecule has 0 N–H and O–H groups in total. The normalized spacial score (nSPS) is 10.5. The van der Waals surface area contributed by atoms with Gasteiger partial charge in [0, 0.05) is 0 Å². The van der Waals surface area contributed by atoms with E-state index in [4.69, 9.17) is 5.26 Å². The van der Waals surface area contributed by atoms with Gasteiger partial charge in [0.15, 0.2) is 11.6 Å². The van der Waals surface area contributed by atoms with Crippen LogP contribution < -0.4 is 0 Å². The molecule has 0 saturated heterocycles. The van der Waals surface area contributed by atoms with Gasteiger partial charge in [-0.1, -0.05) is 12.2 Å². The van der Waals surface area contributed by atoms with E-state index in [1.807, 2.05) is 6.07 Å². The second-order valence-corrected chi connectivity index (χ2v) is 3.33. The lowest BCUT2D eigenvalue weighted by Gasteiger charge is -1.99. The van der Waals surface area contributed by atoms with E-state index in [9.17, 15) is 8.78 Å². The monoisotopic (exact) mass is 225 g/mol. The van der Waals surface area contributed by atoms with E-state index in [1.165, 1.54) is 0 Å². The van der Waals surface area contributed by atoms with Gasteiger partial charge >= 0.3 is 0 Å². The van der Waals surface area contributed by atoms with Crippen molar-refractivity contribution in [2.75, 3.05) is 5.75 Å². The molecule has 0 saturated carbocycles. The zero-order chi connectivity index (χ0) is 11.3. The molecule has 0 amide bonds. The summed E-state index contributed by atoms with van der Waals surface area (Å²) < 4.78 is 25.6. The van der Waals surface area contributed by atoms with Crippen LogP contribution >= 0.6 is 12.6 Å². The maximum absolute atomic E-state index is 12.9. The van der Waals surface area contributed by atoms with E-state index in [-0.39, 0.29) is 5.56 Å². The minimum absolute atomic E-state index is 0.129. The van der Waals surface area contributed by atoms with Crippen molar-refractivity contribution < 1.29 is 8.78 Å². The van der Waals surface area contributed by atoms with Gasteiger partial charge in [-0.3, -0.25) is 0 Å². The number of hydrogen-bond acceptors (Lipinski definition) is 2. The summed E-state index contributed by atoms with van der Waals surface area (Å²) in [5.41, 5.74) is 0.516. The van der Waals surface area contributed by atoms with Crippen LogP contribution in [0.15, 0.2) is 18.2 Å². The maximum Gasteiger partial charge on any atom is 0.160 e. The molecule has 15 heavy (non-hydrogen) atoms. The minimum Gasteiger partial charge on any atom is -0.204 e. The lowest BCUT2D eigenvalue weighted by molar-refractivity contribution is 0.508. The summed E-state index contributed by atoms with van der Waals surface area (Å²) >= 11 is 4.00. The molecule has 0 spiro atoms. The number of hydrogen-bond donors (Lipinski definition) is 1. The van der Waals surface area contributed by atoms with Crippen molar-refractivity contribution in [3.63, 3.8) is 0 Å². The molecule has 0 aromatic heterocycles. The number of rotatable bonds is 3. The Labute approximate surface area is 92.4 Å². The van der Waals surface area contributed by atoms with E-state index >= 15 is 0 Å². The average Bonchev–Trinajstić information content (AvgIpc) is 2.23. The van der Waals surface area contributed by atoms with Crippen molar-refractivity contribution >= 4 is 18.7 Å². The zero-order valence-electron chi connectivity index (χ0n) is 7.87. The molecule has 78 valence electrons. The molecule has 0 unspecified atom stereocenters. The molecule has 1 aromatic rings. The van der Waals surface area contributed by atoms with Crippen molar-refractivity contribution in [3.8, 4) is 6.07 Å². The fourth-order valence-electron chi connectivity index (χ4n) is 1.08. The first kappa shape index (κ1) is 11.7. The SMILES string of the molecule is N#Cc1cc(F)c(F)cc1C=CCCS. The standard InChI is InChI=1S/C11H9F2NS/c12-10-5-8(3-1-2-4-15)9(7-14)6-11(10)13/h1,3,5-6,15H,2,4H2. The molecule has 0 fully saturated rings. The van der Waals surface area contributed by atoms with Crippen LogP contribution in [0, 0.1) is 23.0 Å². The Bertz CT molecular complexity index is 421. The molecule has 0 heterocycles. The second-order valence-electron chi connectivity index (χ2n) is 2.88. The smallest absolute Gasteiger partial charge is 0.160 e. The van der Waals surface area contributed by atoms with Gasteiger partial charge < -0.3 is 0 Å². The fourth-order valence-corrected chi connectivity index (χ4v) is 1.23. The zero-order valence-corrected chi connectivity index (χ0v) is 8.77. The van der Waals surface area contributed by atoms with Gasteiger partial charge in [-0.15, -0.1) is 0 Å². The van der Waals surface area contributed by atoms with E-state index in [0.717, 1.165) is 12.1 Å². The van der Waals surface area contributed by atoms with Gasteiger partial charge in [-0.25, -0.2) is 8.78 Å². The predicted octanol–water partition coefficient (Wildman–Crippen LogP) is 3.17. The quantitative estimate of drug-likeness (QED) is 0.785. The lowest BCUT2D eigenvalue weighted by Crippen LogP contribution is -1.90. The molecule has 0 aliphatic heterocycles. The van der Waals surface area contributed by atoms with Crippen LogP contribution in [-0.4, -0.2) is 5.75 Å². The molecule has 0 bridgehead atoms. The van der Waals surface area contributed by atoms with Crippen LogP contribution in [0.4, 0.5) is 8.78 Å². The van der Waals surface area contributed by atoms with Gasteiger partial charge in [0.05, 0.1) is 11.6 Å². The molecule has 1 aromatic carbocycles. The molecule has 0 atom stereocenters. The summed E-state index contributed by atoms with van der Waals surface area (Å²) in [7, 11) is 0.